The maximum Gasteiger partial charge on any atom is 0.134 e. The number of anilines is 1. The first-order valence-corrected chi connectivity index (χ1v) is 7.18. The Kier molecular flexibility index (Phi) is 5.24. The highest BCUT2D eigenvalue weighted by atomic mass is 79.9. The fourth-order valence-corrected chi connectivity index (χ4v) is 2.24. The number of pyridine rings is 1. The molecule has 0 spiro atoms. The number of methoxy groups -OCH3 is 1. The van der Waals surface area contributed by atoms with E-state index < -0.39 is 0 Å². The monoisotopic (exact) mass is 336 g/mol. The molecule has 106 valence electrons. The predicted octanol–water partition coefficient (Wildman–Crippen LogP) is 3.86. The summed E-state index contributed by atoms with van der Waals surface area (Å²) >= 11 is 3.47. The molecule has 20 heavy (non-hydrogen) atoms. The van der Waals surface area contributed by atoms with E-state index in [1.165, 1.54) is 0 Å². The number of aromatic nitrogens is 1. The van der Waals surface area contributed by atoms with Crippen LogP contribution in [0.3, 0.4) is 0 Å². The van der Waals surface area contributed by atoms with Crippen molar-refractivity contribution in [3.63, 3.8) is 0 Å². The van der Waals surface area contributed by atoms with E-state index in [4.69, 9.17) is 9.47 Å². The van der Waals surface area contributed by atoms with Crippen LogP contribution < -0.4 is 14.8 Å². The van der Waals surface area contributed by atoms with Crippen LogP contribution in [0.1, 0.15) is 12.5 Å². The third kappa shape index (κ3) is 3.63. The smallest absolute Gasteiger partial charge is 0.134 e. The Morgan fingerprint density at radius 3 is 2.85 bits per heavy atom. The highest BCUT2D eigenvalue weighted by Crippen LogP contribution is 2.30. The molecular weight excluding hydrogens is 320 g/mol. The molecule has 1 N–H and O–H groups in total. The molecule has 1 heterocycles. The van der Waals surface area contributed by atoms with E-state index in [2.05, 4.69) is 26.2 Å². The molecule has 0 amide bonds. The normalized spacial score (nSPS) is 10.2. The Balaban J connectivity index is 2.09. The molecule has 4 nitrogen and oxygen atoms in total. The minimum absolute atomic E-state index is 0.459. The van der Waals surface area contributed by atoms with Crippen LogP contribution in [0.5, 0.6) is 11.5 Å². The van der Waals surface area contributed by atoms with Gasteiger partial charge in [-0.3, -0.25) is 0 Å². The van der Waals surface area contributed by atoms with Crippen LogP contribution in [-0.2, 0) is 6.61 Å². The molecule has 0 fully saturated rings. The summed E-state index contributed by atoms with van der Waals surface area (Å²) in [5, 5.41) is 3.22. The topological polar surface area (TPSA) is 43.4 Å². The number of ether oxygens (including phenoxy) is 2. The summed E-state index contributed by atoms with van der Waals surface area (Å²) in [7, 11) is 1.64. The molecular formula is C15H17BrN2O2. The molecule has 0 radical (unpaired) electrons. The zero-order valence-electron chi connectivity index (χ0n) is 11.5. The molecule has 0 aliphatic carbocycles. The van der Waals surface area contributed by atoms with Gasteiger partial charge in [0.2, 0.25) is 0 Å². The van der Waals surface area contributed by atoms with Gasteiger partial charge in [-0.25, -0.2) is 4.98 Å². The van der Waals surface area contributed by atoms with Crippen molar-refractivity contribution in [3.8, 4) is 11.5 Å². The Labute approximate surface area is 127 Å². The van der Waals surface area contributed by atoms with Gasteiger partial charge in [-0.05, 0) is 47.1 Å². The van der Waals surface area contributed by atoms with Crippen LogP contribution in [0.2, 0.25) is 0 Å². The maximum atomic E-state index is 5.83. The van der Waals surface area contributed by atoms with E-state index in [1.54, 1.807) is 13.3 Å². The highest BCUT2D eigenvalue weighted by Gasteiger charge is 2.06. The van der Waals surface area contributed by atoms with Crippen molar-refractivity contribution in [3.05, 3.63) is 46.6 Å². The summed E-state index contributed by atoms with van der Waals surface area (Å²) in [5.41, 5.74) is 1.03. The van der Waals surface area contributed by atoms with Gasteiger partial charge in [0.15, 0.2) is 0 Å². The molecule has 0 aliphatic heterocycles. The van der Waals surface area contributed by atoms with Crippen molar-refractivity contribution in [1.29, 1.82) is 0 Å². The van der Waals surface area contributed by atoms with Gasteiger partial charge < -0.3 is 14.8 Å². The minimum atomic E-state index is 0.459. The second-order valence-electron chi connectivity index (χ2n) is 4.13. The van der Waals surface area contributed by atoms with Crippen LogP contribution in [0, 0.1) is 0 Å². The van der Waals surface area contributed by atoms with Crippen LogP contribution in [0.15, 0.2) is 41.0 Å². The lowest BCUT2D eigenvalue weighted by Crippen LogP contribution is -2.05. The summed E-state index contributed by atoms with van der Waals surface area (Å²) in [6.45, 7) is 3.33. The quantitative estimate of drug-likeness (QED) is 0.869. The van der Waals surface area contributed by atoms with Gasteiger partial charge in [-0.15, -0.1) is 0 Å². The van der Waals surface area contributed by atoms with Crippen molar-refractivity contribution >= 4 is 21.7 Å². The van der Waals surface area contributed by atoms with E-state index in [-0.39, 0.29) is 0 Å². The van der Waals surface area contributed by atoms with Crippen LogP contribution in [0.25, 0.3) is 0 Å². The molecule has 1 aromatic carbocycles. The number of nitrogens with one attached hydrogen (secondary N) is 1. The van der Waals surface area contributed by atoms with Gasteiger partial charge in [0.1, 0.15) is 23.9 Å². The van der Waals surface area contributed by atoms with Crippen molar-refractivity contribution in [2.24, 2.45) is 0 Å². The molecule has 2 rings (SSSR count). The lowest BCUT2D eigenvalue weighted by atomic mass is 10.2. The number of nitrogens with zero attached hydrogens (tertiary/aromatic N) is 1. The zero-order valence-corrected chi connectivity index (χ0v) is 13.1. The molecule has 5 heteroatoms. The number of halogens is 1. The summed E-state index contributed by atoms with van der Waals surface area (Å²) in [5.74, 6) is 2.43. The van der Waals surface area contributed by atoms with E-state index >= 15 is 0 Å². The van der Waals surface area contributed by atoms with E-state index in [0.29, 0.717) is 6.61 Å². The Hall–Kier alpha value is -1.75. The van der Waals surface area contributed by atoms with Crippen molar-refractivity contribution in [2.75, 3.05) is 19.0 Å². The molecule has 0 atom stereocenters. The minimum Gasteiger partial charge on any atom is -0.497 e. The third-order valence-electron chi connectivity index (χ3n) is 2.76. The van der Waals surface area contributed by atoms with Crippen LogP contribution >= 0.6 is 15.9 Å². The van der Waals surface area contributed by atoms with E-state index in [9.17, 15) is 0 Å². The molecule has 0 bridgehead atoms. The van der Waals surface area contributed by atoms with Gasteiger partial charge in [0.25, 0.3) is 0 Å². The molecule has 0 unspecified atom stereocenters. The van der Waals surface area contributed by atoms with E-state index in [1.807, 2.05) is 37.3 Å². The standard InChI is InChI=1S/C15H17BrN2O2/c1-3-17-15-11(5-4-8-18-15)10-20-14-7-6-12(19-2)9-13(14)16/h4-9H,3,10H2,1-2H3,(H,17,18). The third-order valence-corrected chi connectivity index (χ3v) is 3.38. The lowest BCUT2D eigenvalue weighted by molar-refractivity contribution is 0.303. The fraction of sp³-hybridized carbons (Fsp3) is 0.267. The van der Waals surface area contributed by atoms with Crippen LogP contribution in [-0.4, -0.2) is 18.6 Å². The summed E-state index contributed by atoms with van der Waals surface area (Å²) in [4.78, 5) is 4.31. The number of hydrogen-bond acceptors (Lipinski definition) is 4. The average Bonchev–Trinajstić information content (AvgIpc) is 2.47. The highest BCUT2D eigenvalue weighted by molar-refractivity contribution is 9.10. The Bertz CT molecular complexity index is 576. The van der Waals surface area contributed by atoms with Gasteiger partial charge in [0.05, 0.1) is 11.6 Å². The number of hydrogen-bond donors (Lipinski definition) is 1. The van der Waals surface area contributed by atoms with Gasteiger partial charge in [-0.2, -0.15) is 0 Å². The average molecular weight is 337 g/mol. The molecule has 0 aliphatic rings. The van der Waals surface area contributed by atoms with Crippen molar-refractivity contribution in [1.82, 2.24) is 4.98 Å². The maximum absolute atomic E-state index is 5.83. The van der Waals surface area contributed by atoms with Crippen LogP contribution in [0.4, 0.5) is 5.82 Å². The summed E-state index contributed by atoms with van der Waals surface area (Å²) in [6.07, 6.45) is 1.77. The fourth-order valence-electron chi connectivity index (χ4n) is 1.76. The first-order valence-electron chi connectivity index (χ1n) is 6.38. The zero-order chi connectivity index (χ0) is 14.4. The van der Waals surface area contributed by atoms with Crippen molar-refractivity contribution < 1.29 is 9.47 Å². The van der Waals surface area contributed by atoms with E-state index in [0.717, 1.165) is 33.9 Å². The summed E-state index contributed by atoms with van der Waals surface area (Å²) in [6, 6.07) is 9.54. The van der Waals surface area contributed by atoms with Gasteiger partial charge in [0, 0.05) is 18.3 Å². The lowest BCUT2D eigenvalue weighted by Gasteiger charge is -2.12. The second kappa shape index (κ2) is 7.14. The number of benzene rings is 1. The second-order valence-corrected chi connectivity index (χ2v) is 4.98. The van der Waals surface area contributed by atoms with Gasteiger partial charge >= 0.3 is 0 Å². The largest absolute Gasteiger partial charge is 0.497 e. The SMILES string of the molecule is CCNc1ncccc1COc1ccc(OC)cc1Br. The number of rotatable bonds is 6. The van der Waals surface area contributed by atoms with Crippen molar-refractivity contribution in [2.45, 2.75) is 13.5 Å². The first kappa shape index (κ1) is 14.7. The van der Waals surface area contributed by atoms with Gasteiger partial charge in [-0.1, -0.05) is 6.07 Å². The predicted molar refractivity (Wildman–Crippen MR) is 83.4 cm³/mol. The Morgan fingerprint density at radius 1 is 1.30 bits per heavy atom. The molecule has 2 aromatic rings. The first-order chi connectivity index (χ1) is 9.74. The Morgan fingerprint density at radius 2 is 2.15 bits per heavy atom. The molecule has 0 saturated heterocycles. The summed E-state index contributed by atoms with van der Waals surface area (Å²) < 4.78 is 11.9. The molecule has 0 saturated carbocycles. The molecule has 1 aromatic heterocycles.